The van der Waals surface area contributed by atoms with Gasteiger partial charge < -0.3 is 20.4 Å². The van der Waals surface area contributed by atoms with Crippen LogP contribution in [0.25, 0.3) is 0 Å². The van der Waals surface area contributed by atoms with Crippen molar-refractivity contribution in [2.24, 2.45) is 0 Å². The van der Waals surface area contributed by atoms with E-state index in [0.717, 1.165) is 18.6 Å². The lowest BCUT2D eigenvalue weighted by atomic mass is 9.81. The molecule has 2 rings (SSSR count). The van der Waals surface area contributed by atoms with Crippen LogP contribution in [0.5, 0.6) is 0 Å². The molecule has 3 N–H and O–H groups in total. The molecule has 0 aromatic heterocycles. The Balaban J connectivity index is 2.10. The number of piperidine rings is 1. The van der Waals surface area contributed by atoms with E-state index in [-0.39, 0.29) is 0 Å². The zero-order chi connectivity index (χ0) is 16.4. The van der Waals surface area contributed by atoms with Crippen LogP contribution >= 0.6 is 0 Å². The van der Waals surface area contributed by atoms with E-state index in [1.54, 1.807) is 21.3 Å². The van der Waals surface area contributed by atoms with Crippen molar-refractivity contribution in [1.82, 2.24) is 0 Å². The Hall–Kier alpha value is -1.20. The van der Waals surface area contributed by atoms with E-state index in [2.05, 4.69) is 17.0 Å². The van der Waals surface area contributed by atoms with Crippen LogP contribution in [0.1, 0.15) is 47.0 Å². The van der Waals surface area contributed by atoms with Crippen molar-refractivity contribution >= 4 is 24.3 Å². The minimum atomic E-state index is -0.942. The Morgan fingerprint density at radius 2 is 1.77 bits per heavy atom. The molecule has 4 nitrogen and oxygen atoms in total. The molecular formula is C17H28BN2O2. The fourth-order valence-electron chi connectivity index (χ4n) is 2.37. The van der Waals surface area contributed by atoms with Gasteiger partial charge in [-0.15, -0.1) is 0 Å². The first-order chi connectivity index (χ1) is 10.2. The van der Waals surface area contributed by atoms with E-state index in [4.69, 9.17) is 10.4 Å². The number of benzene rings is 1. The molecule has 1 aliphatic rings. The quantitative estimate of drug-likeness (QED) is 0.646. The minimum absolute atomic E-state index is 0.687. The Morgan fingerprint density at radius 3 is 2.36 bits per heavy atom. The molecule has 5 heteroatoms. The summed E-state index contributed by atoms with van der Waals surface area (Å²) in [7, 11) is 1.67. The molecular weight excluding hydrogens is 275 g/mol. The molecule has 1 aliphatic heterocycles. The third kappa shape index (κ3) is 3.96. The topological polar surface area (TPSA) is 58.7 Å². The van der Waals surface area contributed by atoms with E-state index in [0.29, 0.717) is 5.69 Å². The zero-order valence-corrected chi connectivity index (χ0v) is 14.2. The number of rotatable bonds is 5. The summed E-state index contributed by atoms with van der Waals surface area (Å²) in [5.74, 6) is 0. The molecule has 0 atom stereocenters. The van der Waals surface area contributed by atoms with E-state index in [1.165, 1.54) is 24.9 Å². The monoisotopic (exact) mass is 303 g/mol. The highest BCUT2D eigenvalue weighted by atomic mass is 16.5. The summed E-state index contributed by atoms with van der Waals surface area (Å²) in [6.07, 6.45) is 3.80. The van der Waals surface area contributed by atoms with Crippen molar-refractivity contribution in [2.75, 3.05) is 23.7 Å². The van der Waals surface area contributed by atoms with Gasteiger partial charge in [-0.1, -0.05) is 0 Å². The molecule has 1 saturated heterocycles. The smallest absolute Gasteiger partial charge is 0.333 e. The van der Waals surface area contributed by atoms with Gasteiger partial charge in [0.05, 0.1) is 11.2 Å². The third-order valence-electron chi connectivity index (χ3n) is 4.75. The van der Waals surface area contributed by atoms with Crippen LogP contribution in [-0.2, 0) is 4.65 Å². The second-order valence-electron chi connectivity index (χ2n) is 7.17. The maximum absolute atomic E-state index is 10.2. The maximum atomic E-state index is 10.2. The molecule has 0 bridgehead atoms. The van der Waals surface area contributed by atoms with Gasteiger partial charge in [0.25, 0.3) is 0 Å². The molecule has 0 unspecified atom stereocenters. The van der Waals surface area contributed by atoms with Gasteiger partial charge in [0.2, 0.25) is 0 Å². The van der Waals surface area contributed by atoms with Crippen LogP contribution in [0.4, 0.5) is 11.4 Å². The average molecular weight is 303 g/mol. The number of hydrogen-bond acceptors (Lipinski definition) is 4. The average Bonchev–Trinajstić information content (AvgIpc) is 2.46. The van der Waals surface area contributed by atoms with Gasteiger partial charge in [-0.25, -0.2) is 0 Å². The van der Waals surface area contributed by atoms with Gasteiger partial charge in [0.1, 0.15) is 0 Å². The highest BCUT2D eigenvalue weighted by Gasteiger charge is 2.35. The Bertz CT molecular complexity index is 506. The third-order valence-corrected chi connectivity index (χ3v) is 4.75. The molecule has 22 heavy (non-hydrogen) atoms. The summed E-state index contributed by atoms with van der Waals surface area (Å²) in [6.45, 7) is 9.42. The van der Waals surface area contributed by atoms with Crippen molar-refractivity contribution in [3.63, 3.8) is 0 Å². The van der Waals surface area contributed by atoms with Crippen LogP contribution in [0, 0.1) is 0 Å². The van der Waals surface area contributed by atoms with Crippen LogP contribution in [-0.4, -0.2) is 36.9 Å². The first-order valence-corrected chi connectivity index (χ1v) is 8.08. The molecule has 0 aliphatic carbocycles. The van der Waals surface area contributed by atoms with Crippen molar-refractivity contribution in [1.29, 1.82) is 0 Å². The van der Waals surface area contributed by atoms with Gasteiger partial charge >= 0.3 is 7.48 Å². The van der Waals surface area contributed by atoms with Crippen molar-refractivity contribution in [3.05, 3.63) is 18.2 Å². The fourth-order valence-corrected chi connectivity index (χ4v) is 2.37. The fraction of sp³-hybridized carbons (Fsp3) is 0.647. The van der Waals surface area contributed by atoms with Crippen molar-refractivity contribution in [2.45, 2.75) is 58.2 Å². The van der Waals surface area contributed by atoms with E-state index in [9.17, 15) is 5.11 Å². The highest BCUT2D eigenvalue weighted by Crippen LogP contribution is 2.25. The maximum Gasteiger partial charge on any atom is 0.333 e. The molecule has 121 valence electrons. The molecule has 0 spiro atoms. The number of nitrogens with two attached hydrogens (primary N) is 1. The summed E-state index contributed by atoms with van der Waals surface area (Å²) >= 11 is 0. The predicted octanol–water partition coefficient (Wildman–Crippen LogP) is 2.07. The minimum Gasteiger partial charge on any atom is -0.427 e. The molecule has 0 amide bonds. The first kappa shape index (κ1) is 17.2. The Labute approximate surface area is 134 Å². The number of nitrogens with zero attached hydrogens (tertiary/aromatic N) is 1. The van der Waals surface area contributed by atoms with Gasteiger partial charge in [0, 0.05) is 24.5 Å². The SMILES string of the molecule is CC(C)(O)C(C)(C)O[B]c1cc(N2CCCCC2)ccc1N. The second kappa shape index (κ2) is 6.51. The Kier molecular flexibility index (Phi) is 5.08. The first-order valence-electron chi connectivity index (χ1n) is 8.08. The standard InChI is InChI=1S/C17H28BN2O2/c1-16(2,21)17(3,4)22-18-14-12-13(8-9-15(14)19)20-10-6-5-7-11-20/h8-9,12,21H,5-7,10-11,19H2,1-4H3. The van der Waals surface area contributed by atoms with Crippen LogP contribution < -0.4 is 16.1 Å². The lowest BCUT2D eigenvalue weighted by Crippen LogP contribution is -2.49. The summed E-state index contributed by atoms with van der Waals surface area (Å²) in [5.41, 5.74) is 7.16. The van der Waals surface area contributed by atoms with Crippen molar-refractivity contribution < 1.29 is 9.76 Å². The summed E-state index contributed by atoms with van der Waals surface area (Å²) in [4.78, 5) is 2.39. The van der Waals surface area contributed by atoms with Gasteiger partial charge in [-0.3, -0.25) is 0 Å². The van der Waals surface area contributed by atoms with Gasteiger partial charge in [-0.2, -0.15) is 0 Å². The van der Waals surface area contributed by atoms with Gasteiger partial charge in [-0.05, 0) is 70.6 Å². The lowest BCUT2D eigenvalue weighted by molar-refractivity contribution is -0.0893. The Morgan fingerprint density at radius 1 is 1.14 bits per heavy atom. The van der Waals surface area contributed by atoms with Gasteiger partial charge in [0.15, 0.2) is 0 Å². The number of aliphatic hydroxyl groups is 1. The van der Waals surface area contributed by atoms with E-state index < -0.39 is 11.2 Å². The summed E-state index contributed by atoms with van der Waals surface area (Å²) < 4.78 is 5.83. The predicted molar refractivity (Wildman–Crippen MR) is 93.8 cm³/mol. The summed E-state index contributed by atoms with van der Waals surface area (Å²) in [6, 6.07) is 6.07. The number of anilines is 2. The molecule has 1 heterocycles. The zero-order valence-electron chi connectivity index (χ0n) is 14.2. The second-order valence-corrected chi connectivity index (χ2v) is 7.17. The van der Waals surface area contributed by atoms with Crippen LogP contribution in [0.15, 0.2) is 18.2 Å². The lowest BCUT2D eigenvalue weighted by Gasteiger charge is -2.37. The van der Waals surface area contributed by atoms with E-state index in [1.807, 2.05) is 19.9 Å². The largest absolute Gasteiger partial charge is 0.427 e. The van der Waals surface area contributed by atoms with E-state index >= 15 is 0 Å². The summed E-state index contributed by atoms with van der Waals surface area (Å²) in [5, 5.41) is 10.2. The molecule has 1 fully saturated rings. The van der Waals surface area contributed by atoms with Crippen molar-refractivity contribution in [3.8, 4) is 0 Å². The normalized spacial score (nSPS) is 16.7. The molecule has 1 aromatic rings. The number of nitrogen functional groups attached to an aromatic ring is 1. The van der Waals surface area contributed by atoms with Crippen LogP contribution in [0.2, 0.25) is 0 Å². The molecule has 1 aromatic carbocycles. The molecule has 1 radical (unpaired) electrons. The number of hydrogen-bond donors (Lipinski definition) is 2. The van der Waals surface area contributed by atoms with Crippen LogP contribution in [0.3, 0.4) is 0 Å². The highest BCUT2D eigenvalue weighted by molar-refractivity contribution is 6.49. The molecule has 0 saturated carbocycles.